The second-order valence-electron chi connectivity index (χ2n) is 7.75. The normalized spacial score (nSPS) is 14.6. The lowest BCUT2D eigenvalue weighted by Crippen LogP contribution is -2.43. The van der Waals surface area contributed by atoms with Crippen LogP contribution in [0.3, 0.4) is 0 Å². The zero-order valence-electron chi connectivity index (χ0n) is 16.6. The Bertz CT molecular complexity index is 988. The fraction of sp³-hybridized carbons (Fsp3) is 0.333. The van der Waals surface area contributed by atoms with Crippen LogP contribution >= 0.6 is 0 Å². The molecule has 0 saturated heterocycles. The summed E-state index contributed by atoms with van der Waals surface area (Å²) in [5.74, 6) is -0.341. The molecular weight excluding hydrogens is 362 g/mol. The van der Waals surface area contributed by atoms with Gasteiger partial charge in [-0.25, -0.2) is 0 Å². The van der Waals surface area contributed by atoms with Crippen molar-refractivity contribution in [3.8, 4) is 0 Å². The zero-order valence-corrected chi connectivity index (χ0v) is 16.6. The van der Waals surface area contributed by atoms with Gasteiger partial charge in [-0.15, -0.1) is 0 Å². The summed E-state index contributed by atoms with van der Waals surface area (Å²) in [5, 5.41) is 6.86. The number of para-hydroxylation sites is 1. The van der Waals surface area contributed by atoms with Crippen LogP contribution in [0.5, 0.6) is 0 Å². The Hall–Kier alpha value is -3.08. The lowest BCUT2D eigenvalue weighted by molar-refractivity contribution is -0.121. The molecule has 1 fully saturated rings. The molecule has 0 unspecified atom stereocenters. The average Bonchev–Trinajstić information content (AvgIpc) is 3.12. The van der Waals surface area contributed by atoms with Gasteiger partial charge in [0, 0.05) is 23.5 Å². The number of nitrogens with zero attached hydrogens (tertiary/aromatic N) is 1. The highest BCUT2D eigenvalue weighted by molar-refractivity contribution is 6.00. The molecule has 1 aliphatic carbocycles. The van der Waals surface area contributed by atoms with Gasteiger partial charge in [-0.05, 0) is 30.5 Å². The molecule has 0 spiro atoms. The largest absolute Gasteiger partial charge is 0.352 e. The Morgan fingerprint density at radius 3 is 2.45 bits per heavy atom. The molecule has 2 amide bonds. The van der Waals surface area contributed by atoms with Crippen LogP contribution in [-0.2, 0) is 11.3 Å². The highest BCUT2D eigenvalue weighted by Crippen LogP contribution is 2.21. The lowest BCUT2D eigenvalue weighted by Gasteiger charge is -2.22. The maximum Gasteiger partial charge on any atom is 0.268 e. The first-order valence-electron chi connectivity index (χ1n) is 10.4. The Kier molecular flexibility index (Phi) is 5.94. The number of carbonyl (C=O) groups is 2. The van der Waals surface area contributed by atoms with E-state index in [0.717, 1.165) is 42.1 Å². The van der Waals surface area contributed by atoms with Gasteiger partial charge >= 0.3 is 0 Å². The number of carbonyl (C=O) groups excluding carboxylic acids is 2. The van der Waals surface area contributed by atoms with Crippen molar-refractivity contribution >= 4 is 22.7 Å². The van der Waals surface area contributed by atoms with Gasteiger partial charge < -0.3 is 15.2 Å². The lowest BCUT2D eigenvalue weighted by atomic mass is 9.95. The number of nitrogens with one attached hydrogen (secondary N) is 2. The maximum absolute atomic E-state index is 12.9. The summed E-state index contributed by atoms with van der Waals surface area (Å²) in [5.41, 5.74) is 2.70. The van der Waals surface area contributed by atoms with Crippen LogP contribution in [0.15, 0.2) is 60.7 Å². The van der Waals surface area contributed by atoms with Crippen molar-refractivity contribution in [3.63, 3.8) is 0 Å². The van der Waals surface area contributed by atoms with Crippen molar-refractivity contribution in [1.82, 2.24) is 15.2 Å². The zero-order chi connectivity index (χ0) is 20.1. The van der Waals surface area contributed by atoms with Crippen molar-refractivity contribution in [2.45, 2.75) is 44.7 Å². The second-order valence-corrected chi connectivity index (χ2v) is 7.75. The quantitative estimate of drug-likeness (QED) is 0.672. The van der Waals surface area contributed by atoms with Gasteiger partial charge in [-0.1, -0.05) is 67.8 Å². The van der Waals surface area contributed by atoms with Crippen LogP contribution in [0.2, 0.25) is 0 Å². The monoisotopic (exact) mass is 389 g/mol. The Labute approximate surface area is 171 Å². The molecular formula is C24H27N3O2. The van der Waals surface area contributed by atoms with E-state index in [1.165, 1.54) is 6.42 Å². The fourth-order valence-electron chi connectivity index (χ4n) is 4.11. The molecule has 0 aliphatic heterocycles. The van der Waals surface area contributed by atoms with E-state index < -0.39 is 0 Å². The van der Waals surface area contributed by atoms with E-state index >= 15 is 0 Å². The van der Waals surface area contributed by atoms with Crippen LogP contribution in [-0.4, -0.2) is 29.0 Å². The standard InChI is InChI=1S/C24H27N3O2/c28-23(26-20-12-5-2-6-13-20)16-25-24(29)22-15-19-11-7-8-14-21(19)27(22)17-18-9-3-1-4-10-18/h1,3-4,7-11,14-15,20H,2,5-6,12-13,16-17H2,(H,25,29)(H,26,28). The van der Waals surface area contributed by atoms with Gasteiger partial charge in [0.25, 0.3) is 5.91 Å². The van der Waals surface area contributed by atoms with Crippen molar-refractivity contribution < 1.29 is 9.59 Å². The minimum atomic E-state index is -0.226. The first-order valence-corrected chi connectivity index (χ1v) is 10.4. The van der Waals surface area contributed by atoms with Crippen molar-refractivity contribution in [2.75, 3.05) is 6.54 Å². The van der Waals surface area contributed by atoms with Crippen molar-refractivity contribution in [1.29, 1.82) is 0 Å². The molecule has 1 aliphatic rings. The topological polar surface area (TPSA) is 63.1 Å². The van der Waals surface area contributed by atoms with E-state index in [-0.39, 0.29) is 24.4 Å². The van der Waals surface area contributed by atoms with Gasteiger partial charge in [-0.3, -0.25) is 9.59 Å². The van der Waals surface area contributed by atoms with Crippen LogP contribution in [0, 0.1) is 0 Å². The molecule has 5 nitrogen and oxygen atoms in total. The first kappa shape index (κ1) is 19.2. The van der Waals surface area contributed by atoms with E-state index in [1.54, 1.807) is 0 Å². The average molecular weight is 389 g/mol. The SMILES string of the molecule is O=C(CNC(=O)c1cc2ccccc2n1Cc1ccccc1)NC1CCCCC1. The number of benzene rings is 2. The minimum Gasteiger partial charge on any atom is -0.352 e. The molecule has 1 heterocycles. The molecule has 2 N–H and O–H groups in total. The van der Waals surface area contributed by atoms with E-state index in [4.69, 9.17) is 0 Å². The van der Waals surface area contributed by atoms with Gasteiger partial charge in [0.15, 0.2) is 0 Å². The summed E-state index contributed by atoms with van der Waals surface area (Å²) in [6.45, 7) is 0.605. The van der Waals surface area contributed by atoms with E-state index in [9.17, 15) is 9.59 Å². The molecule has 150 valence electrons. The number of fused-ring (bicyclic) bond motifs is 1. The Balaban J connectivity index is 1.48. The van der Waals surface area contributed by atoms with Crippen molar-refractivity contribution in [2.24, 2.45) is 0 Å². The maximum atomic E-state index is 12.9. The third-order valence-corrected chi connectivity index (χ3v) is 5.61. The molecule has 1 saturated carbocycles. The molecule has 5 heteroatoms. The Morgan fingerprint density at radius 1 is 0.931 bits per heavy atom. The number of rotatable bonds is 6. The van der Waals surface area contributed by atoms with Gasteiger partial charge in [-0.2, -0.15) is 0 Å². The second kappa shape index (κ2) is 8.95. The van der Waals surface area contributed by atoms with E-state index in [1.807, 2.05) is 65.2 Å². The smallest absolute Gasteiger partial charge is 0.268 e. The molecule has 2 aromatic carbocycles. The predicted molar refractivity (Wildman–Crippen MR) is 115 cm³/mol. The highest BCUT2D eigenvalue weighted by atomic mass is 16.2. The summed E-state index contributed by atoms with van der Waals surface area (Å²) in [6, 6.07) is 20.2. The van der Waals surface area contributed by atoms with Crippen LogP contribution < -0.4 is 10.6 Å². The number of hydrogen-bond acceptors (Lipinski definition) is 2. The third kappa shape index (κ3) is 4.67. The summed E-state index contributed by atoms with van der Waals surface area (Å²) < 4.78 is 2.01. The minimum absolute atomic E-state index is 0.00218. The first-order chi connectivity index (χ1) is 14.2. The number of aromatic nitrogens is 1. The molecule has 0 atom stereocenters. The molecule has 0 bridgehead atoms. The molecule has 29 heavy (non-hydrogen) atoms. The summed E-state index contributed by atoms with van der Waals surface area (Å²) in [6.07, 6.45) is 5.64. The van der Waals surface area contributed by atoms with Gasteiger partial charge in [0.05, 0.1) is 6.54 Å². The third-order valence-electron chi connectivity index (χ3n) is 5.61. The molecule has 4 rings (SSSR count). The van der Waals surface area contributed by atoms with E-state index in [2.05, 4.69) is 10.6 Å². The van der Waals surface area contributed by atoms with Gasteiger partial charge in [0.1, 0.15) is 5.69 Å². The highest BCUT2D eigenvalue weighted by Gasteiger charge is 2.19. The van der Waals surface area contributed by atoms with Crippen molar-refractivity contribution in [3.05, 3.63) is 71.9 Å². The predicted octanol–water partition coefficient (Wildman–Crippen LogP) is 3.87. The van der Waals surface area contributed by atoms with Crippen LogP contribution in [0.25, 0.3) is 10.9 Å². The fourth-order valence-corrected chi connectivity index (χ4v) is 4.11. The number of amides is 2. The molecule has 1 aromatic heterocycles. The summed E-state index contributed by atoms with van der Waals surface area (Å²) in [4.78, 5) is 25.2. The summed E-state index contributed by atoms with van der Waals surface area (Å²) >= 11 is 0. The van der Waals surface area contributed by atoms with Crippen LogP contribution in [0.1, 0.15) is 48.2 Å². The number of hydrogen-bond donors (Lipinski definition) is 2. The summed E-state index contributed by atoms with van der Waals surface area (Å²) in [7, 11) is 0. The Morgan fingerprint density at radius 2 is 1.66 bits per heavy atom. The molecule has 3 aromatic rings. The van der Waals surface area contributed by atoms with Gasteiger partial charge in [0.2, 0.25) is 5.91 Å². The van der Waals surface area contributed by atoms with Crippen LogP contribution in [0.4, 0.5) is 0 Å². The van der Waals surface area contributed by atoms with E-state index in [0.29, 0.717) is 12.2 Å². The molecule has 0 radical (unpaired) electrons.